The van der Waals surface area contributed by atoms with Crippen LogP contribution in [0.15, 0.2) is 66.7 Å². The number of benzene rings is 3. The van der Waals surface area contributed by atoms with E-state index in [2.05, 4.69) is 15.3 Å². The Kier molecular flexibility index (Phi) is 5.29. The van der Waals surface area contributed by atoms with Gasteiger partial charge in [-0.1, -0.05) is 24.3 Å². The number of carbonyl (C=O) groups excluding carboxylic acids is 2. The van der Waals surface area contributed by atoms with Crippen LogP contribution in [0.3, 0.4) is 0 Å². The lowest BCUT2D eigenvalue weighted by atomic mass is 10.1. The molecule has 3 aromatic carbocycles. The number of hydrogen-bond donors (Lipinski definition) is 2. The molecule has 7 nitrogen and oxygen atoms in total. The van der Waals surface area contributed by atoms with E-state index in [1.54, 1.807) is 18.2 Å². The van der Waals surface area contributed by atoms with Gasteiger partial charge in [-0.2, -0.15) is 0 Å². The Balaban J connectivity index is 1.26. The minimum atomic E-state index is -0.237. The van der Waals surface area contributed by atoms with Crippen LogP contribution >= 0.6 is 0 Å². The molecule has 1 aliphatic rings. The lowest BCUT2D eigenvalue weighted by molar-refractivity contribution is -0.116. The molecular formula is C25H21N3O4. The zero-order valence-corrected chi connectivity index (χ0v) is 17.3. The second-order valence-corrected chi connectivity index (χ2v) is 7.48. The maximum absolute atomic E-state index is 12.6. The van der Waals surface area contributed by atoms with Crippen LogP contribution in [0.1, 0.15) is 23.2 Å². The van der Waals surface area contributed by atoms with Crippen molar-refractivity contribution in [3.8, 4) is 22.9 Å². The Bertz CT molecular complexity index is 1280. The van der Waals surface area contributed by atoms with Gasteiger partial charge in [-0.25, -0.2) is 4.98 Å². The van der Waals surface area contributed by atoms with Gasteiger partial charge in [0.1, 0.15) is 19.0 Å². The molecule has 0 bridgehead atoms. The number of carbonyl (C=O) groups is 2. The first-order chi connectivity index (χ1) is 15.7. The SMILES string of the molecule is O=C(CCC(=O)c1ccc2c(c1)OCCO2)Nc1ccccc1-c1nc2ccccc2[nH]1. The maximum atomic E-state index is 12.6. The van der Waals surface area contributed by atoms with Gasteiger partial charge in [-0.05, 0) is 42.5 Å². The highest BCUT2D eigenvalue weighted by molar-refractivity contribution is 6.01. The average molecular weight is 427 g/mol. The molecule has 160 valence electrons. The first-order valence-corrected chi connectivity index (χ1v) is 10.4. The largest absolute Gasteiger partial charge is 0.486 e. The van der Waals surface area contributed by atoms with E-state index in [0.29, 0.717) is 41.8 Å². The number of nitrogens with one attached hydrogen (secondary N) is 2. The van der Waals surface area contributed by atoms with Crippen LogP contribution in [0.5, 0.6) is 11.5 Å². The van der Waals surface area contributed by atoms with Crippen molar-refractivity contribution in [3.05, 3.63) is 72.3 Å². The summed E-state index contributed by atoms with van der Waals surface area (Å²) in [6, 6.07) is 20.3. The van der Waals surface area contributed by atoms with Crippen molar-refractivity contribution < 1.29 is 19.1 Å². The molecule has 4 aromatic rings. The number of amides is 1. The summed E-state index contributed by atoms with van der Waals surface area (Å²) in [5, 5.41) is 2.91. The van der Waals surface area contributed by atoms with Crippen LogP contribution in [0.25, 0.3) is 22.4 Å². The molecule has 0 aliphatic carbocycles. The van der Waals surface area contributed by atoms with Gasteiger partial charge in [-0.15, -0.1) is 0 Å². The first kappa shape index (κ1) is 19.8. The third-order valence-electron chi connectivity index (χ3n) is 5.29. The van der Waals surface area contributed by atoms with E-state index in [1.807, 2.05) is 48.5 Å². The Morgan fingerprint density at radius 3 is 2.56 bits per heavy atom. The van der Waals surface area contributed by atoms with E-state index < -0.39 is 0 Å². The molecule has 7 heteroatoms. The van der Waals surface area contributed by atoms with Crippen molar-refractivity contribution in [2.24, 2.45) is 0 Å². The highest BCUT2D eigenvalue weighted by atomic mass is 16.6. The topological polar surface area (TPSA) is 93.3 Å². The standard InChI is InChI=1S/C25H21N3O4/c29-21(16-9-11-22-23(15-16)32-14-13-31-22)10-12-24(30)26-18-6-2-1-5-17(18)25-27-19-7-3-4-8-20(19)28-25/h1-9,11,15H,10,12-14H2,(H,26,30)(H,27,28). The summed E-state index contributed by atoms with van der Waals surface area (Å²) in [5.41, 5.74) is 3.71. The summed E-state index contributed by atoms with van der Waals surface area (Å²) < 4.78 is 11.0. The molecule has 1 amide bonds. The highest BCUT2D eigenvalue weighted by Crippen LogP contribution is 2.31. The van der Waals surface area contributed by atoms with Crippen molar-refractivity contribution >= 4 is 28.4 Å². The number of fused-ring (bicyclic) bond motifs is 2. The van der Waals surface area contributed by atoms with Crippen molar-refractivity contribution in [2.75, 3.05) is 18.5 Å². The van der Waals surface area contributed by atoms with Gasteiger partial charge >= 0.3 is 0 Å². The van der Waals surface area contributed by atoms with E-state index in [9.17, 15) is 9.59 Å². The Morgan fingerprint density at radius 2 is 1.69 bits per heavy atom. The Morgan fingerprint density at radius 1 is 0.906 bits per heavy atom. The predicted octanol–water partition coefficient (Wildman–Crippen LogP) is 4.60. The minimum Gasteiger partial charge on any atom is -0.486 e. The van der Waals surface area contributed by atoms with Gasteiger partial charge in [0.25, 0.3) is 0 Å². The molecule has 0 fully saturated rings. The molecule has 32 heavy (non-hydrogen) atoms. The zero-order valence-electron chi connectivity index (χ0n) is 17.3. The summed E-state index contributed by atoms with van der Waals surface area (Å²) in [4.78, 5) is 33.1. The Hall–Kier alpha value is -4.13. The lowest BCUT2D eigenvalue weighted by Crippen LogP contribution is -2.16. The van der Waals surface area contributed by atoms with Crippen molar-refractivity contribution in [1.29, 1.82) is 0 Å². The summed E-state index contributed by atoms with van der Waals surface area (Å²) >= 11 is 0. The van der Waals surface area contributed by atoms with Gasteiger partial charge < -0.3 is 19.8 Å². The molecule has 0 atom stereocenters. The van der Waals surface area contributed by atoms with Crippen LogP contribution in [0.4, 0.5) is 5.69 Å². The van der Waals surface area contributed by atoms with E-state index in [1.165, 1.54) is 0 Å². The molecule has 0 unspecified atom stereocenters. The molecule has 0 radical (unpaired) electrons. The number of rotatable bonds is 6. The maximum Gasteiger partial charge on any atom is 0.224 e. The first-order valence-electron chi connectivity index (χ1n) is 10.4. The van der Waals surface area contributed by atoms with Gasteiger partial charge in [0.2, 0.25) is 5.91 Å². The number of hydrogen-bond acceptors (Lipinski definition) is 5. The van der Waals surface area contributed by atoms with Crippen molar-refractivity contribution in [3.63, 3.8) is 0 Å². The van der Waals surface area contributed by atoms with E-state index in [0.717, 1.165) is 16.6 Å². The number of Topliss-reactive ketones (excluding diaryl/α,β-unsaturated/α-hetero) is 1. The third-order valence-corrected chi connectivity index (χ3v) is 5.29. The van der Waals surface area contributed by atoms with Gasteiger partial charge in [0.05, 0.1) is 16.7 Å². The van der Waals surface area contributed by atoms with Gasteiger partial charge in [0.15, 0.2) is 17.3 Å². The number of imidazole rings is 1. The number of ether oxygens (including phenoxy) is 2. The lowest BCUT2D eigenvalue weighted by Gasteiger charge is -2.18. The monoisotopic (exact) mass is 427 g/mol. The second kappa shape index (κ2) is 8.55. The highest BCUT2D eigenvalue weighted by Gasteiger charge is 2.17. The summed E-state index contributed by atoms with van der Waals surface area (Å²) in [6.45, 7) is 0.952. The molecule has 0 spiro atoms. The molecule has 2 N–H and O–H groups in total. The molecule has 5 rings (SSSR count). The fourth-order valence-corrected chi connectivity index (χ4v) is 3.68. The Labute approximate surface area is 184 Å². The van der Waals surface area contributed by atoms with E-state index >= 15 is 0 Å². The van der Waals surface area contributed by atoms with Crippen LogP contribution in [-0.4, -0.2) is 34.9 Å². The van der Waals surface area contributed by atoms with Crippen molar-refractivity contribution in [1.82, 2.24) is 9.97 Å². The quantitative estimate of drug-likeness (QED) is 0.439. The van der Waals surface area contributed by atoms with Crippen LogP contribution < -0.4 is 14.8 Å². The molecule has 1 aromatic heterocycles. The number of H-pyrrole nitrogens is 1. The van der Waals surface area contributed by atoms with E-state index in [-0.39, 0.29) is 24.5 Å². The third kappa shape index (κ3) is 4.05. The average Bonchev–Trinajstić information content (AvgIpc) is 3.26. The fraction of sp³-hybridized carbons (Fsp3) is 0.160. The number of anilines is 1. The number of aromatic nitrogens is 2. The minimum absolute atomic E-state index is 0.0712. The van der Waals surface area contributed by atoms with E-state index in [4.69, 9.17) is 9.47 Å². The fourth-order valence-electron chi connectivity index (χ4n) is 3.68. The molecular weight excluding hydrogens is 406 g/mol. The molecule has 2 heterocycles. The van der Waals surface area contributed by atoms with Crippen LogP contribution in [0, 0.1) is 0 Å². The summed E-state index contributed by atoms with van der Waals surface area (Å²) in [5.74, 6) is 1.51. The molecule has 1 aliphatic heterocycles. The van der Waals surface area contributed by atoms with Crippen LogP contribution in [0.2, 0.25) is 0 Å². The van der Waals surface area contributed by atoms with Crippen molar-refractivity contribution in [2.45, 2.75) is 12.8 Å². The summed E-state index contributed by atoms with van der Waals surface area (Å²) in [6.07, 6.45) is 0.167. The molecule has 0 saturated carbocycles. The van der Waals surface area contributed by atoms with Gasteiger partial charge in [0, 0.05) is 24.0 Å². The number of aromatic amines is 1. The zero-order chi connectivity index (χ0) is 21.9. The summed E-state index contributed by atoms with van der Waals surface area (Å²) in [7, 11) is 0. The number of para-hydroxylation sites is 3. The van der Waals surface area contributed by atoms with Crippen LogP contribution in [-0.2, 0) is 4.79 Å². The number of nitrogens with zero attached hydrogens (tertiary/aromatic N) is 1. The predicted molar refractivity (Wildman–Crippen MR) is 121 cm³/mol. The normalized spacial score (nSPS) is 12.5. The smallest absolute Gasteiger partial charge is 0.224 e. The number of ketones is 1. The van der Waals surface area contributed by atoms with Gasteiger partial charge in [-0.3, -0.25) is 9.59 Å². The second-order valence-electron chi connectivity index (χ2n) is 7.48. The molecule has 0 saturated heterocycles.